The van der Waals surface area contributed by atoms with Crippen LogP contribution in [0.2, 0.25) is 0 Å². The first-order valence-electron chi connectivity index (χ1n) is 12.7. The average molecular weight is 614 g/mol. The lowest BCUT2D eigenvalue weighted by molar-refractivity contribution is -0.241. The van der Waals surface area contributed by atoms with Crippen LogP contribution >= 0.6 is 0 Å². The molecule has 0 saturated carbocycles. The zero-order chi connectivity index (χ0) is 31.6. The minimum absolute atomic E-state index is 0.0843. The first-order chi connectivity index (χ1) is 20.9. The van der Waals surface area contributed by atoms with Gasteiger partial charge in [-0.05, 0) is 24.3 Å². The maximum Gasteiger partial charge on any atom is 0.344 e. The molecule has 16 heteroatoms. The van der Waals surface area contributed by atoms with E-state index in [1.807, 2.05) is 0 Å². The molecule has 4 atom stereocenters. The second-order valence-electron chi connectivity index (χ2n) is 9.73. The number of aliphatic hydroxyl groups excluding tert-OH is 2. The summed E-state index contributed by atoms with van der Waals surface area (Å²) in [5.74, 6) is -4.85. The lowest BCUT2D eigenvalue weighted by atomic mass is 10.0. The molecule has 0 amide bonds. The van der Waals surface area contributed by atoms with E-state index < -0.39 is 77.0 Å². The number of esters is 1. The Kier molecular flexibility index (Phi) is 6.75. The maximum atomic E-state index is 13.1. The summed E-state index contributed by atoms with van der Waals surface area (Å²) in [6.45, 7) is -0.511. The molecule has 1 aliphatic heterocycles. The van der Waals surface area contributed by atoms with E-state index in [0.29, 0.717) is 0 Å². The summed E-state index contributed by atoms with van der Waals surface area (Å²) in [7, 11) is 2.44. The number of hydrogen-bond donors (Lipinski definition) is 6. The molecule has 1 aliphatic rings. The number of aromatic hydroxyl groups is 4. The minimum atomic E-state index is -1.87. The normalized spacial score (nSPS) is 20.3. The second-order valence-corrected chi connectivity index (χ2v) is 9.73. The third-order valence-electron chi connectivity index (χ3n) is 7.12. The van der Waals surface area contributed by atoms with Crippen LogP contribution in [-0.4, -0.2) is 82.0 Å². The van der Waals surface area contributed by atoms with Gasteiger partial charge in [0.25, 0.3) is 0 Å². The minimum Gasteiger partial charge on any atom is -0.504 e. The van der Waals surface area contributed by atoms with E-state index in [2.05, 4.69) is 0 Å². The fourth-order valence-electron chi connectivity index (χ4n) is 5.09. The smallest absolute Gasteiger partial charge is 0.344 e. The third-order valence-corrected chi connectivity index (χ3v) is 7.12. The molecule has 3 heterocycles. The van der Waals surface area contributed by atoms with Crippen LogP contribution in [0.1, 0.15) is 10.4 Å². The summed E-state index contributed by atoms with van der Waals surface area (Å²) >= 11 is 0. The molecule has 1 saturated heterocycles. The molecule has 0 aliphatic carbocycles. The Morgan fingerprint density at radius 1 is 0.818 bits per heavy atom. The van der Waals surface area contributed by atoms with Crippen molar-refractivity contribution in [3.05, 3.63) is 50.7 Å². The van der Waals surface area contributed by atoms with Gasteiger partial charge in [0.1, 0.15) is 6.10 Å². The summed E-state index contributed by atoms with van der Waals surface area (Å²) in [5.41, 5.74) is -2.75. The highest BCUT2D eigenvalue weighted by Gasteiger charge is 2.44. The number of hydrogen-bond acceptors (Lipinski definition) is 16. The Morgan fingerprint density at radius 3 is 1.98 bits per heavy atom. The van der Waals surface area contributed by atoms with Gasteiger partial charge in [0, 0.05) is 10.8 Å². The quantitative estimate of drug-likeness (QED) is 0.0676. The van der Waals surface area contributed by atoms with Gasteiger partial charge in [0.2, 0.25) is 17.8 Å². The van der Waals surface area contributed by atoms with E-state index in [-0.39, 0.29) is 50.0 Å². The van der Waals surface area contributed by atoms with E-state index >= 15 is 0 Å². The Morgan fingerprint density at radius 2 is 1.39 bits per heavy atom. The van der Waals surface area contributed by atoms with Crippen molar-refractivity contribution >= 4 is 38.7 Å². The average Bonchev–Trinajstić information content (AvgIpc) is 2.98. The molecule has 0 unspecified atom stereocenters. The lowest BCUT2D eigenvalue weighted by Gasteiger charge is -2.37. The van der Waals surface area contributed by atoms with Gasteiger partial charge in [0.05, 0.1) is 37.2 Å². The number of phenolic OH excluding ortho intramolecular Hbond substituents is 4. The number of rotatable bonds is 6. The molecule has 0 spiro atoms. The fraction of sp³-hybridized carbons (Fsp3) is 0.250. The van der Waals surface area contributed by atoms with Crippen LogP contribution < -0.4 is 25.5 Å². The molecule has 6 rings (SSSR count). The SMILES string of the molecule is COc1c(O)cc2c(=O)oc3c(OC)c(O[C@@H]4OC[C@@H](O)[C@H](OC(=O)c5cc(O)c(O)c(O)c5)[C@H]4O)cc4c(=O)oc1c2c34. The van der Waals surface area contributed by atoms with Crippen LogP contribution in [0, 0.1) is 0 Å². The van der Waals surface area contributed by atoms with Gasteiger partial charge in [0.15, 0.2) is 52.1 Å². The Labute approximate surface area is 243 Å². The standard InChI is InChI=1S/C28H22O16/c1-38-21-13(31)5-9-16-17-10(27(37)43-23(16)21)6-15(22(39-2)24(17)44-26(9)36)41-28-19(34)20(14(32)7-40-28)42-25(35)8-3-11(29)18(33)12(30)4-8/h3-6,14,19-20,28-34H,7H2,1-2H3/t14-,19-,20+,28+/m1/s1. The monoisotopic (exact) mass is 614 g/mol. The molecule has 0 radical (unpaired) electrons. The molecule has 0 bridgehead atoms. The number of carbonyl (C=O) groups excluding carboxylic acids is 1. The molecule has 5 aromatic rings. The van der Waals surface area contributed by atoms with Crippen molar-refractivity contribution in [2.24, 2.45) is 0 Å². The van der Waals surface area contributed by atoms with Gasteiger partial charge in [-0.25, -0.2) is 14.4 Å². The topological polar surface area (TPSA) is 245 Å². The first kappa shape index (κ1) is 28.7. The van der Waals surface area contributed by atoms with Crippen molar-refractivity contribution in [2.75, 3.05) is 20.8 Å². The fourth-order valence-corrected chi connectivity index (χ4v) is 5.09. The van der Waals surface area contributed by atoms with Crippen LogP contribution in [-0.2, 0) is 9.47 Å². The number of methoxy groups -OCH3 is 2. The van der Waals surface area contributed by atoms with Crippen LogP contribution in [0.15, 0.2) is 42.7 Å². The summed E-state index contributed by atoms with van der Waals surface area (Å²) in [5, 5.41) is 60.5. The largest absolute Gasteiger partial charge is 0.504 e. The molecule has 2 aromatic heterocycles. The highest BCUT2D eigenvalue weighted by atomic mass is 16.7. The number of carbonyl (C=O) groups is 1. The summed E-state index contributed by atoms with van der Waals surface area (Å²) < 4.78 is 37.9. The molecule has 3 aromatic carbocycles. The molecular formula is C28H22O16. The number of benzene rings is 3. The van der Waals surface area contributed by atoms with Crippen LogP contribution in [0.5, 0.6) is 40.2 Å². The predicted octanol–water partition coefficient (Wildman–Crippen LogP) is 1.01. The van der Waals surface area contributed by atoms with Crippen molar-refractivity contribution < 1.29 is 68.0 Å². The van der Waals surface area contributed by atoms with E-state index in [9.17, 15) is 45.0 Å². The Balaban J connectivity index is 1.40. The van der Waals surface area contributed by atoms with Crippen molar-refractivity contribution in [1.82, 2.24) is 0 Å². The molecule has 230 valence electrons. The van der Waals surface area contributed by atoms with Crippen LogP contribution in [0.25, 0.3) is 32.7 Å². The zero-order valence-electron chi connectivity index (χ0n) is 22.6. The van der Waals surface area contributed by atoms with Crippen molar-refractivity contribution in [2.45, 2.75) is 24.6 Å². The van der Waals surface area contributed by atoms with E-state index in [1.54, 1.807) is 0 Å². The zero-order valence-corrected chi connectivity index (χ0v) is 22.6. The first-order valence-corrected chi connectivity index (χ1v) is 12.7. The summed E-state index contributed by atoms with van der Waals surface area (Å²) in [6.07, 6.45) is -6.75. The second kappa shape index (κ2) is 10.4. The maximum absolute atomic E-state index is 13.1. The summed E-state index contributed by atoms with van der Waals surface area (Å²) in [4.78, 5) is 38.8. The van der Waals surface area contributed by atoms with Crippen molar-refractivity contribution in [3.63, 3.8) is 0 Å². The van der Waals surface area contributed by atoms with E-state index in [4.69, 9.17) is 32.5 Å². The number of phenols is 4. The van der Waals surface area contributed by atoms with Crippen LogP contribution in [0.3, 0.4) is 0 Å². The Bertz CT molecular complexity index is 2040. The van der Waals surface area contributed by atoms with Crippen molar-refractivity contribution in [3.8, 4) is 40.2 Å². The Hall–Kier alpha value is -5.45. The number of aliphatic hydroxyl groups is 2. The third kappa shape index (κ3) is 4.31. The molecule has 44 heavy (non-hydrogen) atoms. The van der Waals surface area contributed by atoms with Gasteiger partial charge < -0.3 is 63.2 Å². The predicted molar refractivity (Wildman–Crippen MR) is 145 cm³/mol. The highest BCUT2D eigenvalue weighted by molar-refractivity contribution is 6.22. The molecule has 6 N–H and O–H groups in total. The molecular weight excluding hydrogens is 592 g/mol. The lowest BCUT2D eigenvalue weighted by Crippen LogP contribution is -2.56. The highest BCUT2D eigenvalue weighted by Crippen LogP contribution is 2.46. The van der Waals surface area contributed by atoms with Gasteiger partial charge in [-0.3, -0.25) is 0 Å². The van der Waals surface area contributed by atoms with Crippen molar-refractivity contribution in [1.29, 1.82) is 0 Å². The van der Waals surface area contributed by atoms with E-state index in [0.717, 1.165) is 18.2 Å². The molecule has 1 fully saturated rings. The van der Waals surface area contributed by atoms with E-state index in [1.165, 1.54) is 20.3 Å². The van der Waals surface area contributed by atoms with Gasteiger partial charge in [-0.15, -0.1) is 0 Å². The van der Waals surface area contributed by atoms with Gasteiger partial charge in [-0.2, -0.15) is 0 Å². The van der Waals surface area contributed by atoms with Gasteiger partial charge >= 0.3 is 17.2 Å². The molecule has 16 nitrogen and oxygen atoms in total. The van der Waals surface area contributed by atoms with Crippen LogP contribution in [0.4, 0.5) is 0 Å². The number of ether oxygens (including phenoxy) is 5. The summed E-state index contributed by atoms with van der Waals surface area (Å²) in [6, 6.07) is 3.87. The van der Waals surface area contributed by atoms with Gasteiger partial charge in [-0.1, -0.05) is 0 Å².